The van der Waals surface area contributed by atoms with Crippen LogP contribution in [0.25, 0.3) is 0 Å². The van der Waals surface area contributed by atoms with Crippen LogP contribution >= 0.6 is 0 Å². The standard InChI is InChI=1S/C23H22N2O4/c1-16-17(2)24-14-13-21(16)25(23(27)28-3)22(26)15-18-9-11-20(12-10-18)29-19-7-5-4-6-8-19/h4-14H,15H2,1-3H3. The summed E-state index contributed by atoms with van der Waals surface area (Å²) in [6.45, 7) is 3.64. The Morgan fingerprint density at radius 2 is 1.59 bits per heavy atom. The summed E-state index contributed by atoms with van der Waals surface area (Å²) in [4.78, 5) is 30.5. The average molecular weight is 390 g/mol. The first-order valence-electron chi connectivity index (χ1n) is 9.14. The molecule has 6 heteroatoms. The average Bonchev–Trinajstić information content (AvgIpc) is 2.73. The van der Waals surface area contributed by atoms with Gasteiger partial charge >= 0.3 is 6.09 Å². The molecule has 0 fully saturated rings. The molecule has 3 aromatic rings. The maximum Gasteiger partial charge on any atom is 0.420 e. The Bertz CT molecular complexity index is 1000. The lowest BCUT2D eigenvalue weighted by Gasteiger charge is -2.22. The van der Waals surface area contributed by atoms with E-state index >= 15 is 0 Å². The van der Waals surface area contributed by atoms with Crippen LogP contribution in [0.15, 0.2) is 66.9 Å². The molecule has 3 rings (SSSR count). The number of anilines is 1. The number of carbonyl (C=O) groups is 2. The Hall–Kier alpha value is -3.67. The second-order valence-electron chi connectivity index (χ2n) is 6.48. The van der Waals surface area contributed by atoms with Crippen LogP contribution in [0.3, 0.4) is 0 Å². The maximum absolute atomic E-state index is 12.9. The molecule has 1 aromatic heterocycles. The molecule has 0 N–H and O–H groups in total. The molecular weight excluding hydrogens is 368 g/mol. The molecule has 0 unspecified atom stereocenters. The predicted molar refractivity (Wildman–Crippen MR) is 110 cm³/mol. The summed E-state index contributed by atoms with van der Waals surface area (Å²) in [5, 5.41) is 0. The van der Waals surface area contributed by atoms with Gasteiger partial charge in [-0.2, -0.15) is 0 Å². The summed E-state index contributed by atoms with van der Waals surface area (Å²) in [6, 6.07) is 18.3. The first-order valence-corrected chi connectivity index (χ1v) is 9.14. The van der Waals surface area contributed by atoms with Crippen molar-refractivity contribution in [1.29, 1.82) is 0 Å². The Balaban J connectivity index is 1.77. The molecule has 29 heavy (non-hydrogen) atoms. The first-order chi connectivity index (χ1) is 14.0. The number of para-hydroxylation sites is 1. The number of imide groups is 1. The molecular formula is C23H22N2O4. The molecule has 2 amide bonds. The lowest BCUT2D eigenvalue weighted by atomic mass is 10.1. The lowest BCUT2D eigenvalue weighted by molar-refractivity contribution is -0.117. The fourth-order valence-corrected chi connectivity index (χ4v) is 2.85. The van der Waals surface area contributed by atoms with E-state index in [0.29, 0.717) is 11.4 Å². The molecule has 2 aromatic carbocycles. The maximum atomic E-state index is 12.9. The Kier molecular flexibility index (Phi) is 6.24. The van der Waals surface area contributed by atoms with Gasteiger partial charge in [-0.1, -0.05) is 30.3 Å². The Morgan fingerprint density at radius 3 is 2.24 bits per heavy atom. The number of pyridine rings is 1. The quantitative estimate of drug-likeness (QED) is 0.624. The van der Waals surface area contributed by atoms with E-state index < -0.39 is 6.09 Å². The number of aryl methyl sites for hydroxylation is 1. The van der Waals surface area contributed by atoms with Gasteiger partial charge in [0, 0.05) is 11.9 Å². The number of rotatable bonds is 5. The minimum absolute atomic E-state index is 0.0432. The van der Waals surface area contributed by atoms with Gasteiger partial charge in [0.05, 0.1) is 19.2 Å². The third kappa shape index (κ3) is 4.79. The van der Waals surface area contributed by atoms with Crippen molar-refractivity contribution in [3.63, 3.8) is 0 Å². The second kappa shape index (κ2) is 9.01. The molecule has 0 saturated carbocycles. The molecule has 1 heterocycles. The normalized spacial score (nSPS) is 10.3. The van der Waals surface area contributed by atoms with Gasteiger partial charge in [0.1, 0.15) is 11.5 Å². The smallest absolute Gasteiger partial charge is 0.420 e. The number of ether oxygens (including phenoxy) is 2. The van der Waals surface area contributed by atoms with Crippen LogP contribution < -0.4 is 9.64 Å². The minimum Gasteiger partial charge on any atom is -0.457 e. The summed E-state index contributed by atoms with van der Waals surface area (Å²) in [7, 11) is 1.25. The molecule has 0 aliphatic carbocycles. The lowest BCUT2D eigenvalue weighted by Crippen LogP contribution is -2.38. The number of hydrogen-bond donors (Lipinski definition) is 0. The van der Waals surface area contributed by atoms with Crippen molar-refractivity contribution in [2.24, 2.45) is 0 Å². The van der Waals surface area contributed by atoms with Gasteiger partial charge in [0.15, 0.2) is 0 Å². The number of benzene rings is 2. The second-order valence-corrected chi connectivity index (χ2v) is 6.48. The van der Waals surface area contributed by atoms with E-state index in [1.54, 1.807) is 36.5 Å². The minimum atomic E-state index is -0.729. The number of methoxy groups -OCH3 is 1. The van der Waals surface area contributed by atoms with E-state index in [4.69, 9.17) is 9.47 Å². The van der Waals surface area contributed by atoms with Crippen molar-refractivity contribution in [2.45, 2.75) is 20.3 Å². The zero-order valence-corrected chi connectivity index (χ0v) is 16.6. The SMILES string of the molecule is COC(=O)N(C(=O)Cc1ccc(Oc2ccccc2)cc1)c1ccnc(C)c1C. The van der Waals surface area contributed by atoms with E-state index in [9.17, 15) is 9.59 Å². The first kappa shape index (κ1) is 20.1. The van der Waals surface area contributed by atoms with Crippen molar-refractivity contribution in [3.05, 3.63) is 83.7 Å². The van der Waals surface area contributed by atoms with Crippen LogP contribution in [0, 0.1) is 13.8 Å². The molecule has 0 spiro atoms. The van der Waals surface area contributed by atoms with Crippen LogP contribution in [-0.4, -0.2) is 24.1 Å². The van der Waals surface area contributed by atoms with E-state index in [0.717, 1.165) is 27.5 Å². The van der Waals surface area contributed by atoms with Crippen LogP contribution in [0.2, 0.25) is 0 Å². The largest absolute Gasteiger partial charge is 0.457 e. The molecule has 0 saturated heterocycles. The summed E-state index contributed by atoms with van der Waals surface area (Å²) < 4.78 is 10.6. The summed E-state index contributed by atoms with van der Waals surface area (Å²) in [5.41, 5.74) is 2.72. The molecule has 0 aliphatic rings. The zero-order chi connectivity index (χ0) is 20.8. The summed E-state index contributed by atoms with van der Waals surface area (Å²) in [6.07, 6.45) is 0.880. The van der Waals surface area contributed by atoms with Crippen LogP contribution in [0.4, 0.5) is 10.5 Å². The van der Waals surface area contributed by atoms with Crippen LogP contribution in [-0.2, 0) is 16.0 Å². The molecule has 0 radical (unpaired) electrons. The highest BCUT2D eigenvalue weighted by molar-refractivity contribution is 6.13. The van der Waals surface area contributed by atoms with E-state index in [1.807, 2.05) is 44.2 Å². The molecule has 0 aliphatic heterocycles. The number of nitrogens with zero attached hydrogens (tertiary/aromatic N) is 2. The van der Waals surface area contributed by atoms with Crippen LogP contribution in [0.5, 0.6) is 11.5 Å². The molecule has 0 bridgehead atoms. The highest BCUT2D eigenvalue weighted by atomic mass is 16.5. The topological polar surface area (TPSA) is 68.7 Å². The van der Waals surface area contributed by atoms with Crippen molar-refractivity contribution in [3.8, 4) is 11.5 Å². The van der Waals surface area contributed by atoms with E-state index in [-0.39, 0.29) is 12.3 Å². The fraction of sp³-hybridized carbons (Fsp3) is 0.174. The molecule has 0 atom stereocenters. The number of amides is 2. The van der Waals surface area contributed by atoms with Gasteiger partial charge in [-0.3, -0.25) is 9.78 Å². The summed E-state index contributed by atoms with van der Waals surface area (Å²) in [5.74, 6) is 1.01. The van der Waals surface area contributed by atoms with Crippen molar-refractivity contribution >= 4 is 17.7 Å². The van der Waals surface area contributed by atoms with Gasteiger partial charge in [0.25, 0.3) is 0 Å². The van der Waals surface area contributed by atoms with Crippen LogP contribution in [0.1, 0.15) is 16.8 Å². The highest BCUT2D eigenvalue weighted by Gasteiger charge is 2.26. The fourth-order valence-electron chi connectivity index (χ4n) is 2.85. The highest BCUT2D eigenvalue weighted by Crippen LogP contribution is 2.24. The van der Waals surface area contributed by atoms with Gasteiger partial charge in [-0.25, -0.2) is 9.69 Å². The van der Waals surface area contributed by atoms with Gasteiger partial charge < -0.3 is 9.47 Å². The molecule has 6 nitrogen and oxygen atoms in total. The third-order valence-electron chi connectivity index (χ3n) is 4.53. The monoisotopic (exact) mass is 390 g/mol. The Morgan fingerprint density at radius 1 is 0.931 bits per heavy atom. The van der Waals surface area contributed by atoms with Gasteiger partial charge in [-0.05, 0) is 55.3 Å². The zero-order valence-electron chi connectivity index (χ0n) is 16.6. The van der Waals surface area contributed by atoms with E-state index in [2.05, 4.69) is 4.98 Å². The Labute approximate surface area is 169 Å². The number of carbonyl (C=O) groups excluding carboxylic acids is 2. The van der Waals surface area contributed by atoms with E-state index in [1.165, 1.54) is 7.11 Å². The molecule has 148 valence electrons. The predicted octanol–water partition coefficient (Wildman–Crippen LogP) is 4.83. The van der Waals surface area contributed by atoms with Crippen molar-refractivity contribution < 1.29 is 19.1 Å². The number of aromatic nitrogens is 1. The third-order valence-corrected chi connectivity index (χ3v) is 4.53. The summed E-state index contributed by atoms with van der Waals surface area (Å²) >= 11 is 0. The van der Waals surface area contributed by atoms with Gasteiger partial charge in [0.2, 0.25) is 5.91 Å². The van der Waals surface area contributed by atoms with Crippen molar-refractivity contribution in [2.75, 3.05) is 12.0 Å². The van der Waals surface area contributed by atoms with Crippen molar-refractivity contribution in [1.82, 2.24) is 4.98 Å². The van der Waals surface area contributed by atoms with Gasteiger partial charge in [-0.15, -0.1) is 0 Å². The number of hydrogen-bond acceptors (Lipinski definition) is 5.